The van der Waals surface area contributed by atoms with Gasteiger partial charge in [-0.1, -0.05) is 41.6 Å². The van der Waals surface area contributed by atoms with Crippen molar-refractivity contribution in [2.45, 2.75) is 9.79 Å². The van der Waals surface area contributed by atoms with Gasteiger partial charge in [0.05, 0.1) is 5.69 Å². The Bertz CT molecular complexity index is 771. The van der Waals surface area contributed by atoms with Crippen LogP contribution in [0.5, 0.6) is 0 Å². The maximum atomic E-state index is 5.92. The van der Waals surface area contributed by atoms with Crippen molar-refractivity contribution in [1.29, 1.82) is 0 Å². The normalized spacial score (nSPS) is 11.0. The fourth-order valence-electron chi connectivity index (χ4n) is 1.88. The molecule has 0 bridgehead atoms. The molecule has 0 amide bonds. The number of pyridine rings is 1. The Labute approximate surface area is 138 Å². The average Bonchev–Trinajstić information content (AvgIpc) is 2.57. The quantitative estimate of drug-likeness (QED) is 0.580. The molecule has 0 aliphatic carbocycles. The molecule has 0 unspecified atom stereocenters. The lowest BCUT2D eigenvalue weighted by Gasteiger charge is -2.05. The van der Waals surface area contributed by atoms with E-state index in [0.717, 1.165) is 26.1 Å². The highest BCUT2D eigenvalue weighted by atomic mass is 35.5. The summed E-state index contributed by atoms with van der Waals surface area (Å²) in [5.41, 5.74) is 1.92. The largest absolute Gasteiger partial charge is 0.264 e. The Morgan fingerprint density at radius 2 is 1.77 bits per heavy atom. The molecule has 0 spiro atoms. The lowest BCUT2D eigenvalue weighted by atomic mass is 10.3. The van der Waals surface area contributed by atoms with Crippen molar-refractivity contribution < 1.29 is 0 Å². The number of nitrogens with zero attached hydrogens (tertiary/aromatic N) is 2. The second kappa shape index (κ2) is 7.25. The maximum absolute atomic E-state index is 5.92. The average molecular weight is 325 g/mol. The van der Waals surface area contributed by atoms with Crippen molar-refractivity contribution in [3.05, 3.63) is 83.6 Å². The monoisotopic (exact) mass is 324 g/mol. The Kier molecular flexibility index (Phi) is 4.88. The summed E-state index contributed by atoms with van der Waals surface area (Å²) >= 11 is 7.59. The zero-order valence-electron chi connectivity index (χ0n) is 11.7. The molecule has 3 aromatic rings. The van der Waals surface area contributed by atoms with Crippen molar-refractivity contribution >= 4 is 35.3 Å². The van der Waals surface area contributed by atoms with E-state index in [0.29, 0.717) is 0 Å². The van der Waals surface area contributed by atoms with Gasteiger partial charge in [0, 0.05) is 39.0 Å². The van der Waals surface area contributed by atoms with Crippen LogP contribution < -0.4 is 0 Å². The van der Waals surface area contributed by atoms with Crippen LogP contribution in [-0.2, 0) is 0 Å². The molecule has 3 rings (SSSR count). The number of benzene rings is 2. The molecule has 0 saturated carbocycles. The van der Waals surface area contributed by atoms with E-state index in [1.807, 2.05) is 60.8 Å². The van der Waals surface area contributed by atoms with Crippen molar-refractivity contribution in [2.24, 2.45) is 4.99 Å². The first-order valence-corrected chi connectivity index (χ1v) is 7.97. The van der Waals surface area contributed by atoms with Gasteiger partial charge in [0.1, 0.15) is 0 Å². The van der Waals surface area contributed by atoms with Crippen LogP contribution in [0.2, 0.25) is 5.02 Å². The molecule has 4 heteroatoms. The SMILES string of the molecule is Clc1ccc(Sc2ccccc2N=Cc2cccnc2)cc1. The lowest BCUT2D eigenvalue weighted by molar-refractivity contribution is 1.31. The summed E-state index contributed by atoms with van der Waals surface area (Å²) in [4.78, 5) is 10.9. The van der Waals surface area contributed by atoms with Gasteiger partial charge in [-0.25, -0.2) is 0 Å². The smallest absolute Gasteiger partial charge is 0.0769 e. The van der Waals surface area contributed by atoms with E-state index in [2.05, 4.69) is 16.0 Å². The van der Waals surface area contributed by atoms with Crippen LogP contribution in [0.25, 0.3) is 0 Å². The summed E-state index contributed by atoms with van der Waals surface area (Å²) in [6.45, 7) is 0. The van der Waals surface area contributed by atoms with E-state index in [-0.39, 0.29) is 0 Å². The summed E-state index contributed by atoms with van der Waals surface area (Å²) in [5, 5.41) is 0.743. The van der Waals surface area contributed by atoms with Crippen molar-refractivity contribution in [3.63, 3.8) is 0 Å². The van der Waals surface area contributed by atoms with Gasteiger partial charge in [-0.2, -0.15) is 0 Å². The van der Waals surface area contributed by atoms with Crippen molar-refractivity contribution in [3.8, 4) is 0 Å². The number of rotatable bonds is 4. The van der Waals surface area contributed by atoms with Crippen LogP contribution >= 0.6 is 23.4 Å². The van der Waals surface area contributed by atoms with Gasteiger partial charge in [0.2, 0.25) is 0 Å². The number of hydrogen-bond donors (Lipinski definition) is 0. The first-order valence-electron chi connectivity index (χ1n) is 6.78. The summed E-state index contributed by atoms with van der Waals surface area (Å²) in [5.74, 6) is 0. The Morgan fingerprint density at radius 1 is 0.955 bits per heavy atom. The maximum Gasteiger partial charge on any atom is 0.0769 e. The van der Waals surface area contributed by atoms with E-state index in [9.17, 15) is 0 Å². The van der Waals surface area contributed by atoms with Crippen molar-refractivity contribution in [2.75, 3.05) is 0 Å². The first-order chi connectivity index (χ1) is 10.8. The molecule has 0 radical (unpaired) electrons. The van der Waals surface area contributed by atoms with Gasteiger partial charge in [-0.15, -0.1) is 0 Å². The third-order valence-electron chi connectivity index (χ3n) is 2.94. The minimum Gasteiger partial charge on any atom is -0.264 e. The number of hydrogen-bond acceptors (Lipinski definition) is 3. The highest BCUT2D eigenvalue weighted by molar-refractivity contribution is 7.99. The second-order valence-electron chi connectivity index (χ2n) is 4.57. The second-order valence-corrected chi connectivity index (χ2v) is 6.12. The third kappa shape index (κ3) is 3.97. The third-order valence-corrected chi connectivity index (χ3v) is 4.27. The highest BCUT2D eigenvalue weighted by Crippen LogP contribution is 2.35. The summed E-state index contributed by atoms with van der Waals surface area (Å²) in [6, 6.07) is 19.8. The molecule has 0 aliphatic rings. The van der Waals surface area contributed by atoms with Gasteiger partial charge >= 0.3 is 0 Å². The van der Waals surface area contributed by atoms with Gasteiger partial charge in [-0.05, 0) is 42.5 Å². The summed E-state index contributed by atoms with van der Waals surface area (Å²) < 4.78 is 0. The fourth-order valence-corrected chi connectivity index (χ4v) is 2.90. The predicted molar refractivity (Wildman–Crippen MR) is 93.5 cm³/mol. The zero-order valence-corrected chi connectivity index (χ0v) is 13.3. The van der Waals surface area contributed by atoms with Crippen molar-refractivity contribution in [1.82, 2.24) is 4.98 Å². The Hall–Kier alpha value is -2.10. The van der Waals surface area contributed by atoms with E-state index in [4.69, 9.17) is 11.6 Å². The zero-order chi connectivity index (χ0) is 15.2. The van der Waals surface area contributed by atoms with Crippen LogP contribution in [0.15, 0.2) is 87.8 Å². The predicted octanol–water partition coefficient (Wildman–Crippen LogP) is 5.64. The molecule has 2 aromatic carbocycles. The molecular formula is C18H13ClN2S. The topological polar surface area (TPSA) is 25.2 Å². The molecule has 22 heavy (non-hydrogen) atoms. The lowest BCUT2D eigenvalue weighted by Crippen LogP contribution is -1.82. The number of halogens is 1. The Balaban J connectivity index is 1.83. The molecule has 0 N–H and O–H groups in total. The molecule has 0 aliphatic heterocycles. The first kappa shape index (κ1) is 14.8. The Morgan fingerprint density at radius 3 is 2.55 bits per heavy atom. The summed E-state index contributed by atoms with van der Waals surface area (Å²) in [6.07, 6.45) is 5.37. The van der Waals surface area contributed by atoms with Crippen LogP contribution in [0.1, 0.15) is 5.56 Å². The van der Waals surface area contributed by atoms with Crippen LogP contribution in [-0.4, -0.2) is 11.2 Å². The van der Waals surface area contributed by atoms with Gasteiger partial charge in [0.25, 0.3) is 0 Å². The molecule has 0 saturated heterocycles. The van der Waals surface area contributed by atoms with Gasteiger partial charge in [-0.3, -0.25) is 9.98 Å². The van der Waals surface area contributed by atoms with Gasteiger partial charge in [0.15, 0.2) is 0 Å². The van der Waals surface area contributed by atoms with Crippen LogP contribution in [0, 0.1) is 0 Å². The molecule has 1 heterocycles. The summed E-state index contributed by atoms with van der Waals surface area (Å²) in [7, 11) is 0. The number of aromatic nitrogens is 1. The molecule has 0 atom stereocenters. The van der Waals surface area contributed by atoms with E-state index < -0.39 is 0 Å². The minimum atomic E-state index is 0.743. The van der Waals surface area contributed by atoms with Gasteiger partial charge < -0.3 is 0 Å². The van der Waals surface area contributed by atoms with Crippen LogP contribution in [0.4, 0.5) is 5.69 Å². The minimum absolute atomic E-state index is 0.743. The number of para-hydroxylation sites is 1. The van der Waals surface area contributed by atoms with E-state index >= 15 is 0 Å². The molecule has 1 aromatic heterocycles. The number of aliphatic imine (C=N–C) groups is 1. The fraction of sp³-hybridized carbons (Fsp3) is 0. The molecule has 0 fully saturated rings. The van der Waals surface area contributed by atoms with Crippen LogP contribution in [0.3, 0.4) is 0 Å². The molecule has 108 valence electrons. The van der Waals surface area contributed by atoms with E-state index in [1.165, 1.54) is 0 Å². The highest BCUT2D eigenvalue weighted by Gasteiger charge is 2.03. The molecule has 2 nitrogen and oxygen atoms in total. The molecular weight excluding hydrogens is 312 g/mol. The standard InChI is InChI=1S/C18H13ClN2S/c19-15-7-9-16(10-8-15)22-18-6-2-1-5-17(18)21-13-14-4-3-11-20-12-14/h1-13H. The van der Waals surface area contributed by atoms with E-state index in [1.54, 1.807) is 24.2 Å².